The van der Waals surface area contributed by atoms with Crippen LogP contribution in [-0.4, -0.2) is 38.2 Å². The third-order valence-electron chi connectivity index (χ3n) is 3.66. The lowest BCUT2D eigenvalue weighted by Crippen LogP contribution is -2.34. The van der Waals surface area contributed by atoms with Crippen LogP contribution in [0.25, 0.3) is 5.52 Å². The molecule has 0 spiro atoms. The molecule has 0 bridgehead atoms. The Kier molecular flexibility index (Phi) is 5.68. The Morgan fingerprint density at radius 3 is 3.00 bits per heavy atom. The van der Waals surface area contributed by atoms with Crippen molar-refractivity contribution in [1.29, 1.82) is 5.26 Å². The number of fused-ring (bicyclic) bond motifs is 1. The normalized spacial score (nSPS) is 10.5. The summed E-state index contributed by atoms with van der Waals surface area (Å²) in [5, 5.41) is 16.3. The summed E-state index contributed by atoms with van der Waals surface area (Å²) in [4.78, 5) is 28.2. The Labute approximate surface area is 158 Å². The van der Waals surface area contributed by atoms with Gasteiger partial charge in [0.15, 0.2) is 11.2 Å². The number of rotatable bonds is 7. The third kappa shape index (κ3) is 4.43. The van der Waals surface area contributed by atoms with Gasteiger partial charge in [-0.15, -0.1) is 0 Å². The quantitative estimate of drug-likeness (QED) is 0.606. The van der Waals surface area contributed by atoms with Gasteiger partial charge in [0.1, 0.15) is 31.0 Å². The summed E-state index contributed by atoms with van der Waals surface area (Å²) < 4.78 is 7.87. The van der Waals surface area contributed by atoms with Crippen LogP contribution in [0.15, 0.2) is 41.7 Å². The minimum Gasteiger partial charge on any atom is -0.493 e. The van der Waals surface area contributed by atoms with Crippen molar-refractivity contribution in [3.63, 3.8) is 0 Å². The molecule has 2 heterocycles. The highest BCUT2D eigenvalue weighted by Crippen LogP contribution is 2.16. The van der Waals surface area contributed by atoms with Gasteiger partial charge in [0.2, 0.25) is 5.91 Å². The summed E-state index contributed by atoms with van der Waals surface area (Å²) >= 11 is 5.87. The van der Waals surface area contributed by atoms with Crippen LogP contribution in [-0.2, 0) is 11.3 Å². The van der Waals surface area contributed by atoms with E-state index in [2.05, 4.69) is 15.4 Å². The molecule has 10 heteroatoms. The molecule has 3 rings (SSSR count). The Bertz CT molecular complexity index is 1070. The number of ether oxygens (including phenoxy) is 1. The molecule has 0 aliphatic carbocycles. The number of aromatic nitrogens is 4. The van der Waals surface area contributed by atoms with E-state index in [9.17, 15) is 9.59 Å². The summed E-state index contributed by atoms with van der Waals surface area (Å²) in [5.74, 6) is 0.317. The summed E-state index contributed by atoms with van der Waals surface area (Å²) in [5.41, 5.74) is -0.485. The fourth-order valence-electron chi connectivity index (χ4n) is 2.38. The molecule has 27 heavy (non-hydrogen) atoms. The molecule has 0 radical (unpaired) electrons. The second kappa shape index (κ2) is 8.33. The Hall–Kier alpha value is -3.38. The molecule has 138 valence electrons. The van der Waals surface area contributed by atoms with Crippen LogP contribution in [0.5, 0.6) is 5.75 Å². The van der Waals surface area contributed by atoms with E-state index < -0.39 is 5.56 Å². The summed E-state index contributed by atoms with van der Waals surface area (Å²) in [7, 11) is 0. The molecule has 3 aromatic rings. The van der Waals surface area contributed by atoms with Crippen LogP contribution in [0, 0.1) is 11.3 Å². The van der Waals surface area contributed by atoms with Gasteiger partial charge < -0.3 is 10.1 Å². The molecule has 1 aromatic carbocycles. The lowest BCUT2D eigenvalue weighted by atomic mass is 10.3. The first-order valence-corrected chi connectivity index (χ1v) is 8.44. The van der Waals surface area contributed by atoms with Crippen molar-refractivity contribution < 1.29 is 9.53 Å². The van der Waals surface area contributed by atoms with Crippen molar-refractivity contribution in [3.8, 4) is 11.8 Å². The van der Waals surface area contributed by atoms with Crippen molar-refractivity contribution in [3.05, 3.63) is 58.0 Å². The molecule has 0 aliphatic heterocycles. The maximum absolute atomic E-state index is 12.4. The highest BCUT2D eigenvalue weighted by Gasteiger charge is 2.13. The molecule has 1 amide bonds. The van der Waals surface area contributed by atoms with Gasteiger partial charge in [-0.05, 0) is 24.6 Å². The number of hydrogen-bond acceptors (Lipinski definition) is 6. The second-order valence-electron chi connectivity index (χ2n) is 5.57. The molecule has 0 atom stereocenters. The van der Waals surface area contributed by atoms with E-state index in [1.54, 1.807) is 24.3 Å². The van der Waals surface area contributed by atoms with Crippen LogP contribution in [0.4, 0.5) is 0 Å². The van der Waals surface area contributed by atoms with Gasteiger partial charge in [-0.1, -0.05) is 17.7 Å². The van der Waals surface area contributed by atoms with E-state index in [1.807, 2.05) is 6.07 Å². The fourth-order valence-corrected chi connectivity index (χ4v) is 2.57. The van der Waals surface area contributed by atoms with Crippen molar-refractivity contribution >= 4 is 23.0 Å². The first-order chi connectivity index (χ1) is 13.1. The molecule has 1 N–H and O–H groups in total. The smallest absolute Gasteiger partial charge is 0.281 e. The predicted molar refractivity (Wildman–Crippen MR) is 96.5 cm³/mol. The lowest BCUT2D eigenvalue weighted by molar-refractivity contribution is -0.121. The molecular formula is C17H15ClN6O3. The molecular weight excluding hydrogens is 372 g/mol. The van der Waals surface area contributed by atoms with Crippen molar-refractivity contribution in [2.75, 3.05) is 13.2 Å². The fraction of sp³-hybridized carbons (Fsp3) is 0.235. The van der Waals surface area contributed by atoms with Crippen molar-refractivity contribution in [2.24, 2.45) is 0 Å². The van der Waals surface area contributed by atoms with E-state index in [0.717, 1.165) is 4.57 Å². The number of nitriles is 1. The highest BCUT2D eigenvalue weighted by atomic mass is 35.5. The van der Waals surface area contributed by atoms with Gasteiger partial charge in [-0.3, -0.25) is 14.2 Å². The summed E-state index contributed by atoms with van der Waals surface area (Å²) in [6.45, 7) is 0.600. The van der Waals surface area contributed by atoms with E-state index in [-0.39, 0.29) is 23.7 Å². The number of halogens is 1. The maximum Gasteiger partial charge on any atom is 0.281 e. The second-order valence-corrected chi connectivity index (χ2v) is 6.01. The number of nitrogens with one attached hydrogen (secondary N) is 1. The van der Waals surface area contributed by atoms with E-state index >= 15 is 0 Å². The molecule has 0 saturated heterocycles. The SMILES string of the molecule is N#Cc1ncn2ncn(CC(=O)NCCCOc3cccc(Cl)c3)c(=O)c12. The molecule has 0 fully saturated rings. The van der Waals surface area contributed by atoms with Crippen LogP contribution < -0.4 is 15.6 Å². The maximum atomic E-state index is 12.4. The Morgan fingerprint density at radius 2 is 2.22 bits per heavy atom. The molecule has 0 saturated carbocycles. The zero-order valence-corrected chi connectivity index (χ0v) is 14.9. The zero-order chi connectivity index (χ0) is 19.2. The average molecular weight is 387 g/mol. The largest absolute Gasteiger partial charge is 0.493 e. The van der Waals surface area contributed by atoms with Crippen LogP contribution in [0.3, 0.4) is 0 Å². The van der Waals surface area contributed by atoms with E-state index in [0.29, 0.717) is 30.3 Å². The molecule has 2 aromatic heterocycles. The number of nitrogens with zero attached hydrogens (tertiary/aromatic N) is 5. The van der Waals surface area contributed by atoms with Gasteiger partial charge in [0.25, 0.3) is 5.56 Å². The van der Waals surface area contributed by atoms with Gasteiger partial charge in [-0.25, -0.2) is 9.50 Å². The highest BCUT2D eigenvalue weighted by molar-refractivity contribution is 6.30. The number of imidazole rings is 1. The minimum atomic E-state index is -0.501. The van der Waals surface area contributed by atoms with E-state index in [4.69, 9.17) is 21.6 Å². The van der Waals surface area contributed by atoms with Gasteiger partial charge in [0, 0.05) is 11.6 Å². The zero-order valence-electron chi connectivity index (χ0n) is 14.1. The summed E-state index contributed by atoms with van der Waals surface area (Å²) in [6, 6.07) is 8.88. The van der Waals surface area contributed by atoms with Gasteiger partial charge in [0.05, 0.1) is 6.61 Å². The number of benzene rings is 1. The number of carbonyl (C=O) groups is 1. The van der Waals surface area contributed by atoms with Gasteiger partial charge in [-0.2, -0.15) is 10.4 Å². The lowest BCUT2D eigenvalue weighted by Gasteiger charge is -2.09. The average Bonchev–Trinajstić information content (AvgIpc) is 3.08. The van der Waals surface area contributed by atoms with Crippen LogP contribution in [0.1, 0.15) is 12.1 Å². The molecule has 0 aliphatic rings. The predicted octanol–water partition coefficient (Wildman–Crippen LogP) is 1.00. The molecule has 0 unspecified atom stereocenters. The minimum absolute atomic E-state index is 0.0274. The number of carbonyl (C=O) groups excluding carboxylic acids is 1. The first kappa shape index (κ1) is 18.4. The number of hydrogen-bond donors (Lipinski definition) is 1. The topological polar surface area (TPSA) is 114 Å². The number of amides is 1. The third-order valence-corrected chi connectivity index (χ3v) is 3.89. The monoisotopic (exact) mass is 386 g/mol. The Morgan fingerprint density at radius 1 is 1.37 bits per heavy atom. The first-order valence-electron chi connectivity index (χ1n) is 8.06. The van der Waals surface area contributed by atoms with Crippen LogP contribution in [0.2, 0.25) is 5.02 Å². The molecule has 9 nitrogen and oxygen atoms in total. The van der Waals surface area contributed by atoms with E-state index in [1.165, 1.54) is 17.2 Å². The standard InChI is InChI=1S/C17H15ClN6O3/c18-12-3-1-4-13(7-12)27-6-2-5-20-15(25)9-23-11-22-24-10-21-14(8-19)16(24)17(23)26/h1,3-4,7,10-11H,2,5-6,9H2,(H,20,25). The van der Waals surface area contributed by atoms with Gasteiger partial charge >= 0.3 is 0 Å². The van der Waals surface area contributed by atoms with Crippen LogP contribution >= 0.6 is 11.6 Å². The van der Waals surface area contributed by atoms with Crippen molar-refractivity contribution in [2.45, 2.75) is 13.0 Å². The Balaban J connectivity index is 1.50. The summed E-state index contributed by atoms with van der Waals surface area (Å²) in [6.07, 6.45) is 3.10. The van der Waals surface area contributed by atoms with Crippen molar-refractivity contribution in [1.82, 2.24) is 24.5 Å².